The molecule has 86 valence electrons. The summed E-state index contributed by atoms with van der Waals surface area (Å²) in [7, 11) is 0. The third-order valence-corrected chi connectivity index (χ3v) is 4.97. The molecule has 0 N–H and O–H groups in total. The van der Waals surface area contributed by atoms with Crippen LogP contribution in [0.1, 0.15) is 64.7 Å². The maximum absolute atomic E-state index is 3.63. The van der Waals surface area contributed by atoms with Crippen LogP contribution in [0, 0.1) is 0 Å². The number of hydrogen-bond donors (Lipinski definition) is 0. The molecule has 2 heteroatoms. The Morgan fingerprint density at radius 1 is 0.857 bits per heavy atom. The Labute approximate surface area is 106 Å². The maximum Gasteiger partial charge on any atom is 0.0242 e. The van der Waals surface area contributed by atoms with Crippen molar-refractivity contribution in [3.63, 3.8) is 0 Å². The minimum Gasteiger partial charge on any atom is -0.0916 e. The van der Waals surface area contributed by atoms with Crippen molar-refractivity contribution in [3.05, 3.63) is 0 Å². The Kier molecular flexibility index (Phi) is 12.9. The molecule has 0 saturated carbocycles. The van der Waals surface area contributed by atoms with Crippen molar-refractivity contribution in [2.24, 2.45) is 0 Å². The average molecular weight is 328 g/mol. The van der Waals surface area contributed by atoms with E-state index < -0.39 is 0 Å². The molecule has 0 amide bonds. The van der Waals surface area contributed by atoms with Gasteiger partial charge in [0.15, 0.2) is 0 Å². The normalized spacial score (nSPS) is 13.1. The third-order valence-electron chi connectivity index (χ3n) is 2.54. The Balaban J connectivity index is 2.92. The van der Waals surface area contributed by atoms with E-state index in [1.165, 1.54) is 57.8 Å². The van der Waals surface area contributed by atoms with Crippen LogP contribution in [0.2, 0.25) is 0 Å². The second-order valence-corrected chi connectivity index (χ2v) is 5.96. The second-order valence-electron chi connectivity index (χ2n) is 4.02. The molecule has 0 rings (SSSR count). The number of unbranched alkanes of at least 4 members (excludes halogenated alkanes) is 7. The first-order chi connectivity index (χ1) is 6.81. The lowest BCUT2D eigenvalue weighted by atomic mass is 10.1. The molecule has 0 aliphatic heterocycles. The molecular weight excluding hydrogens is 304 g/mol. The van der Waals surface area contributed by atoms with Gasteiger partial charge in [-0.15, -0.1) is 0 Å². The monoisotopic (exact) mass is 326 g/mol. The largest absolute Gasteiger partial charge is 0.0916 e. The Morgan fingerprint density at radius 2 is 1.36 bits per heavy atom. The molecular formula is C12H24Br2. The van der Waals surface area contributed by atoms with Crippen molar-refractivity contribution in [3.8, 4) is 0 Å². The molecule has 1 unspecified atom stereocenters. The highest BCUT2D eigenvalue weighted by molar-refractivity contribution is 9.12. The lowest BCUT2D eigenvalue weighted by Crippen LogP contribution is -1.97. The first-order valence-corrected chi connectivity index (χ1v) is 8.05. The fourth-order valence-electron chi connectivity index (χ4n) is 1.58. The zero-order valence-corrected chi connectivity index (χ0v) is 12.6. The Hall–Kier alpha value is 0.960. The molecule has 1 atom stereocenters. The molecule has 0 saturated heterocycles. The van der Waals surface area contributed by atoms with Crippen LogP contribution in [-0.2, 0) is 0 Å². The van der Waals surface area contributed by atoms with E-state index in [1.807, 2.05) is 0 Å². The van der Waals surface area contributed by atoms with Crippen molar-refractivity contribution >= 4 is 31.9 Å². The molecule has 0 aliphatic carbocycles. The number of alkyl halides is 2. The number of hydrogen-bond acceptors (Lipinski definition) is 0. The van der Waals surface area contributed by atoms with Crippen LogP contribution in [0.25, 0.3) is 0 Å². The van der Waals surface area contributed by atoms with Crippen molar-refractivity contribution in [2.75, 3.05) is 5.33 Å². The Bertz CT molecular complexity index is 104. The second kappa shape index (κ2) is 12.0. The highest BCUT2D eigenvalue weighted by Crippen LogP contribution is 2.15. The van der Waals surface area contributed by atoms with Crippen molar-refractivity contribution in [1.82, 2.24) is 0 Å². The summed E-state index contributed by atoms with van der Waals surface area (Å²) in [6.07, 6.45) is 12.7. The van der Waals surface area contributed by atoms with Crippen LogP contribution >= 0.6 is 31.9 Å². The summed E-state index contributed by atoms with van der Waals surface area (Å²) in [5.41, 5.74) is 0. The van der Waals surface area contributed by atoms with E-state index in [1.54, 1.807) is 0 Å². The van der Waals surface area contributed by atoms with E-state index in [0.29, 0.717) is 4.83 Å². The van der Waals surface area contributed by atoms with Crippen LogP contribution in [-0.4, -0.2) is 10.2 Å². The molecule has 0 nitrogen and oxygen atoms in total. The van der Waals surface area contributed by atoms with Gasteiger partial charge in [0.2, 0.25) is 0 Å². The minimum absolute atomic E-state index is 0.683. The van der Waals surface area contributed by atoms with Gasteiger partial charge < -0.3 is 0 Å². The van der Waals surface area contributed by atoms with E-state index in [4.69, 9.17) is 0 Å². The number of halogens is 2. The molecule has 0 spiro atoms. The topological polar surface area (TPSA) is 0 Å². The fraction of sp³-hybridized carbons (Fsp3) is 1.00. The zero-order valence-electron chi connectivity index (χ0n) is 9.40. The summed E-state index contributed by atoms with van der Waals surface area (Å²) in [6, 6.07) is 0. The molecule has 0 aromatic rings. The smallest absolute Gasteiger partial charge is 0.0242 e. The van der Waals surface area contributed by atoms with E-state index in [-0.39, 0.29) is 0 Å². The quantitative estimate of drug-likeness (QED) is 0.358. The first kappa shape index (κ1) is 15.0. The SMILES string of the molecule is CCCCCCCCCCC(Br)CBr. The van der Waals surface area contributed by atoms with Gasteiger partial charge in [-0.3, -0.25) is 0 Å². The Morgan fingerprint density at radius 3 is 1.86 bits per heavy atom. The molecule has 0 fully saturated rings. The van der Waals surface area contributed by atoms with Gasteiger partial charge in [-0.1, -0.05) is 90.2 Å². The van der Waals surface area contributed by atoms with E-state index in [2.05, 4.69) is 38.8 Å². The van der Waals surface area contributed by atoms with Crippen LogP contribution in [0.5, 0.6) is 0 Å². The fourth-order valence-corrected chi connectivity index (χ4v) is 2.22. The lowest BCUT2D eigenvalue weighted by molar-refractivity contribution is 0.566. The van der Waals surface area contributed by atoms with Gasteiger partial charge in [-0.25, -0.2) is 0 Å². The summed E-state index contributed by atoms with van der Waals surface area (Å²) in [4.78, 5) is 0.683. The highest BCUT2D eigenvalue weighted by atomic mass is 79.9. The van der Waals surface area contributed by atoms with Gasteiger partial charge in [-0.05, 0) is 6.42 Å². The van der Waals surface area contributed by atoms with Gasteiger partial charge in [0.05, 0.1) is 0 Å². The minimum atomic E-state index is 0.683. The van der Waals surface area contributed by atoms with Gasteiger partial charge in [-0.2, -0.15) is 0 Å². The first-order valence-electron chi connectivity index (χ1n) is 6.01. The standard InChI is InChI=1S/C12H24Br2/c1-2-3-4-5-6-7-8-9-10-12(14)11-13/h12H,2-11H2,1H3. The molecule has 0 aromatic carbocycles. The van der Waals surface area contributed by atoms with E-state index in [9.17, 15) is 0 Å². The van der Waals surface area contributed by atoms with Crippen LogP contribution in [0.3, 0.4) is 0 Å². The van der Waals surface area contributed by atoms with Gasteiger partial charge in [0, 0.05) is 10.2 Å². The summed E-state index contributed by atoms with van der Waals surface area (Å²) >= 11 is 7.11. The lowest BCUT2D eigenvalue weighted by Gasteiger charge is -2.05. The highest BCUT2D eigenvalue weighted by Gasteiger charge is 2.00. The number of rotatable bonds is 10. The third kappa shape index (κ3) is 11.0. The molecule has 0 bridgehead atoms. The maximum atomic E-state index is 3.63. The molecule has 0 aromatic heterocycles. The molecule has 0 aliphatic rings. The van der Waals surface area contributed by atoms with E-state index >= 15 is 0 Å². The molecule has 14 heavy (non-hydrogen) atoms. The van der Waals surface area contributed by atoms with Gasteiger partial charge in [0.25, 0.3) is 0 Å². The van der Waals surface area contributed by atoms with Gasteiger partial charge >= 0.3 is 0 Å². The molecule has 0 radical (unpaired) electrons. The van der Waals surface area contributed by atoms with Crippen LogP contribution < -0.4 is 0 Å². The predicted octanol–water partition coefficient (Wildman–Crippen LogP) is 5.68. The molecule has 0 heterocycles. The van der Waals surface area contributed by atoms with Crippen LogP contribution in [0.15, 0.2) is 0 Å². The van der Waals surface area contributed by atoms with Crippen molar-refractivity contribution in [2.45, 2.75) is 69.5 Å². The summed E-state index contributed by atoms with van der Waals surface area (Å²) in [5, 5.41) is 1.09. The van der Waals surface area contributed by atoms with Crippen LogP contribution in [0.4, 0.5) is 0 Å². The summed E-state index contributed by atoms with van der Waals surface area (Å²) in [6.45, 7) is 2.27. The zero-order chi connectivity index (χ0) is 10.6. The van der Waals surface area contributed by atoms with Gasteiger partial charge in [0.1, 0.15) is 0 Å². The van der Waals surface area contributed by atoms with E-state index in [0.717, 1.165) is 5.33 Å². The van der Waals surface area contributed by atoms with Crippen molar-refractivity contribution < 1.29 is 0 Å². The summed E-state index contributed by atoms with van der Waals surface area (Å²) in [5.74, 6) is 0. The van der Waals surface area contributed by atoms with Crippen molar-refractivity contribution in [1.29, 1.82) is 0 Å². The summed E-state index contributed by atoms with van der Waals surface area (Å²) < 4.78 is 0. The average Bonchev–Trinajstić information content (AvgIpc) is 2.21. The predicted molar refractivity (Wildman–Crippen MR) is 73.7 cm³/mol.